The summed E-state index contributed by atoms with van der Waals surface area (Å²) >= 11 is 0. The fourth-order valence-electron chi connectivity index (χ4n) is 1.65. The Hall–Kier alpha value is -2.00. The molecule has 0 saturated carbocycles. The summed E-state index contributed by atoms with van der Waals surface area (Å²) in [5.74, 6) is -2.02. The fourth-order valence-corrected chi connectivity index (χ4v) is 2.75. The zero-order chi connectivity index (χ0) is 14.9. The van der Waals surface area contributed by atoms with Gasteiger partial charge in [-0.05, 0) is 12.1 Å². The lowest BCUT2D eigenvalue weighted by molar-refractivity contribution is 0.551. The van der Waals surface area contributed by atoms with E-state index in [2.05, 4.69) is 9.82 Å². The molecule has 3 N–H and O–H groups in total. The summed E-state index contributed by atoms with van der Waals surface area (Å²) in [7, 11) is -2.61. The van der Waals surface area contributed by atoms with Crippen LogP contribution in [0.25, 0.3) is 0 Å². The highest BCUT2D eigenvalue weighted by molar-refractivity contribution is 7.92. The average molecular weight is 302 g/mol. The summed E-state index contributed by atoms with van der Waals surface area (Å²) in [4.78, 5) is -0.660. The molecule has 1 heterocycles. The number of benzene rings is 1. The van der Waals surface area contributed by atoms with E-state index in [0.29, 0.717) is 11.6 Å². The molecule has 9 heteroatoms. The van der Waals surface area contributed by atoms with E-state index in [-0.39, 0.29) is 12.4 Å². The van der Waals surface area contributed by atoms with Gasteiger partial charge in [0.25, 0.3) is 10.0 Å². The zero-order valence-corrected chi connectivity index (χ0v) is 11.3. The Morgan fingerprint density at radius 1 is 1.40 bits per heavy atom. The Labute approximate surface area is 114 Å². The molecule has 0 fully saturated rings. The van der Waals surface area contributed by atoms with E-state index in [0.717, 1.165) is 12.1 Å². The van der Waals surface area contributed by atoms with Crippen LogP contribution >= 0.6 is 0 Å². The van der Waals surface area contributed by atoms with Crippen LogP contribution in [0, 0.1) is 11.6 Å². The molecule has 2 rings (SSSR count). The number of nitrogens with one attached hydrogen (secondary N) is 1. The highest BCUT2D eigenvalue weighted by Gasteiger charge is 2.22. The topological polar surface area (TPSA) is 90.0 Å². The Bertz CT molecular complexity index is 743. The van der Waals surface area contributed by atoms with Gasteiger partial charge in [-0.3, -0.25) is 9.40 Å². The first-order chi connectivity index (χ1) is 9.33. The van der Waals surface area contributed by atoms with Gasteiger partial charge >= 0.3 is 0 Å². The number of rotatable bonds is 4. The predicted octanol–water partition coefficient (Wildman–Crippen LogP) is 0.958. The van der Waals surface area contributed by atoms with Crippen molar-refractivity contribution in [3.8, 4) is 0 Å². The second-order valence-corrected chi connectivity index (χ2v) is 5.71. The van der Waals surface area contributed by atoms with Crippen LogP contribution in [0.1, 0.15) is 5.56 Å². The smallest absolute Gasteiger partial charge is 0.266 e. The van der Waals surface area contributed by atoms with Crippen LogP contribution in [0.3, 0.4) is 0 Å². The highest BCUT2D eigenvalue weighted by Crippen LogP contribution is 2.20. The van der Waals surface area contributed by atoms with Gasteiger partial charge in [0, 0.05) is 31.4 Å². The van der Waals surface area contributed by atoms with Crippen molar-refractivity contribution in [3.63, 3.8) is 0 Å². The lowest BCUT2D eigenvalue weighted by Crippen LogP contribution is -2.16. The van der Waals surface area contributed by atoms with Crippen LogP contribution in [0.4, 0.5) is 14.6 Å². The van der Waals surface area contributed by atoms with Gasteiger partial charge in [0.05, 0.1) is 0 Å². The van der Waals surface area contributed by atoms with E-state index < -0.39 is 26.6 Å². The minimum absolute atomic E-state index is 0.0127. The van der Waals surface area contributed by atoms with Gasteiger partial charge in [-0.25, -0.2) is 17.2 Å². The van der Waals surface area contributed by atoms with E-state index in [1.807, 2.05) is 0 Å². The maximum Gasteiger partial charge on any atom is 0.266 e. The second-order valence-electron chi connectivity index (χ2n) is 4.06. The number of aromatic nitrogens is 2. The van der Waals surface area contributed by atoms with Crippen molar-refractivity contribution in [1.82, 2.24) is 9.78 Å². The molecule has 0 spiro atoms. The summed E-state index contributed by atoms with van der Waals surface area (Å²) in [5, 5.41) is 3.89. The third-order valence-corrected chi connectivity index (χ3v) is 3.91. The van der Waals surface area contributed by atoms with Crippen molar-refractivity contribution in [2.24, 2.45) is 12.8 Å². The monoisotopic (exact) mass is 302 g/mol. The van der Waals surface area contributed by atoms with Crippen molar-refractivity contribution in [1.29, 1.82) is 0 Å². The Morgan fingerprint density at radius 2 is 2.10 bits per heavy atom. The number of hydrogen-bond acceptors (Lipinski definition) is 4. The molecule has 1 aromatic heterocycles. The van der Waals surface area contributed by atoms with Crippen LogP contribution in [0.2, 0.25) is 0 Å². The summed E-state index contributed by atoms with van der Waals surface area (Å²) in [6.07, 6.45) is 1.54. The quantitative estimate of drug-likeness (QED) is 0.880. The summed E-state index contributed by atoms with van der Waals surface area (Å²) in [5.41, 5.74) is 5.92. The van der Waals surface area contributed by atoms with E-state index in [4.69, 9.17) is 5.73 Å². The number of aryl methyl sites for hydroxylation is 1. The lowest BCUT2D eigenvalue weighted by Gasteiger charge is -2.07. The summed E-state index contributed by atoms with van der Waals surface area (Å²) in [6.45, 7) is 0.0671. The van der Waals surface area contributed by atoms with Gasteiger partial charge in [-0.2, -0.15) is 5.10 Å². The van der Waals surface area contributed by atoms with Gasteiger partial charge in [-0.1, -0.05) is 0 Å². The van der Waals surface area contributed by atoms with Crippen molar-refractivity contribution in [2.75, 3.05) is 4.72 Å². The van der Waals surface area contributed by atoms with Gasteiger partial charge in [0.15, 0.2) is 5.82 Å². The molecule has 2 aromatic rings. The minimum atomic E-state index is -4.20. The number of nitrogens with zero attached hydrogens (tertiary/aromatic N) is 2. The molecule has 1 aromatic carbocycles. The van der Waals surface area contributed by atoms with Gasteiger partial charge in [0.1, 0.15) is 16.5 Å². The molecule has 20 heavy (non-hydrogen) atoms. The molecule has 0 unspecified atom stereocenters. The van der Waals surface area contributed by atoms with Crippen LogP contribution in [0.5, 0.6) is 0 Å². The molecule has 0 aliphatic carbocycles. The fraction of sp³-hybridized carbons (Fsp3) is 0.182. The van der Waals surface area contributed by atoms with E-state index in [1.165, 1.54) is 4.68 Å². The van der Waals surface area contributed by atoms with Gasteiger partial charge < -0.3 is 5.73 Å². The molecule has 108 valence electrons. The van der Waals surface area contributed by atoms with Crippen LogP contribution in [0.15, 0.2) is 29.3 Å². The molecule has 0 saturated heterocycles. The molecule has 0 amide bonds. The molecule has 0 radical (unpaired) electrons. The van der Waals surface area contributed by atoms with Gasteiger partial charge in [0.2, 0.25) is 0 Å². The van der Waals surface area contributed by atoms with Crippen molar-refractivity contribution in [3.05, 3.63) is 41.6 Å². The first kappa shape index (κ1) is 14.4. The molecule has 0 aliphatic heterocycles. The number of hydrogen-bond donors (Lipinski definition) is 2. The maximum atomic E-state index is 13.5. The summed E-state index contributed by atoms with van der Waals surface area (Å²) in [6, 6.07) is 2.20. The number of sulfonamides is 1. The standard InChI is InChI=1S/C11H12F2N4O2S/c1-17-6-7(5-14)11(15-17)16-20(18,19)10-3-2-8(12)4-9(10)13/h2-4,6H,5,14H2,1H3,(H,15,16). The first-order valence-corrected chi connectivity index (χ1v) is 7.02. The molecular formula is C11H12F2N4O2S. The predicted molar refractivity (Wildman–Crippen MR) is 68.3 cm³/mol. The van der Waals surface area contributed by atoms with Crippen molar-refractivity contribution in [2.45, 2.75) is 11.4 Å². The molecular weight excluding hydrogens is 290 g/mol. The third kappa shape index (κ3) is 2.78. The number of nitrogens with two attached hydrogens (primary N) is 1. The summed E-state index contributed by atoms with van der Waals surface area (Å²) < 4.78 is 53.9. The zero-order valence-electron chi connectivity index (χ0n) is 10.5. The SMILES string of the molecule is Cn1cc(CN)c(NS(=O)(=O)c2ccc(F)cc2F)n1. The first-order valence-electron chi connectivity index (χ1n) is 5.54. The molecule has 0 atom stereocenters. The normalized spacial score (nSPS) is 11.6. The number of anilines is 1. The maximum absolute atomic E-state index is 13.5. The second kappa shape index (κ2) is 5.17. The van der Waals surface area contributed by atoms with Crippen molar-refractivity contribution >= 4 is 15.8 Å². The Morgan fingerprint density at radius 3 is 2.70 bits per heavy atom. The van der Waals surface area contributed by atoms with Crippen LogP contribution in [-0.2, 0) is 23.6 Å². The third-order valence-electron chi connectivity index (χ3n) is 2.54. The lowest BCUT2D eigenvalue weighted by atomic mass is 10.3. The minimum Gasteiger partial charge on any atom is -0.326 e. The average Bonchev–Trinajstić information content (AvgIpc) is 2.67. The van der Waals surface area contributed by atoms with Crippen LogP contribution in [-0.4, -0.2) is 18.2 Å². The van der Waals surface area contributed by atoms with E-state index in [9.17, 15) is 17.2 Å². The molecule has 0 bridgehead atoms. The largest absolute Gasteiger partial charge is 0.326 e. The highest BCUT2D eigenvalue weighted by atomic mass is 32.2. The van der Waals surface area contributed by atoms with Crippen molar-refractivity contribution < 1.29 is 17.2 Å². The Kier molecular flexibility index (Phi) is 3.73. The van der Waals surface area contributed by atoms with Crippen LogP contribution < -0.4 is 10.5 Å². The van der Waals surface area contributed by atoms with E-state index in [1.54, 1.807) is 13.2 Å². The van der Waals surface area contributed by atoms with E-state index >= 15 is 0 Å². The molecule has 0 aliphatic rings. The molecule has 6 nitrogen and oxygen atoms in total. The van der Waals surface area contributed by atoms with Gasteiger partial charge in [-0.15, -0.1) is 0 Å². The Balaban J connectivity index is 2.40. The number of halogens is 2.